The van der Waals surface area contributed by atoms with Gasteiger partial charge < -0.3 is 4.74 Å². The highest BCUT2D eigenvalue weighted by molar-refractivity contribution is 7.11. The van der Waals surface area contributed by atoms with E-state index in [1.54, 1.807) is 0 Å². The number of thiazole rings is 1. The van der Waals surface area contributed by atoms with Crippen molar-refractivity contribution in [1.82, 2.24) is 4.98 Å². The van der Waals surface area contributed by atoms with E-state index in [0.717, 1.165) is 5.38 Å². The van der Waals surface area contributed by atoms with Gasteiger partial charge in [-0.25, -0.2) is 0 Å². The summed E-state index contributed by atoms with van der Waals surface area (Å²) in [7, 11) is 0. The highest BCUT2D eigenvalue weighted by Crippen LogP contribution is 2.34. The molecule has 0 spiro atoms. The van der Waals surface area contributed by atoms with Gasteiger partial charge in [-0.2, -0.15) is 18.2 Å². The summed E-state index contributed by atoms with van der Waals surface area (Å²) in [5.74, 6) is 0.191. The van der Waals surface area contributed by atoms with Gasteiger partial charge in [0.2, 0.25) is 0 Å². The number of alkyl halides is 3. The Balaban J connectivity index is 2.20. The largest absolute Gasteiger partial charge is 0.434 e. The Bertz CT molecular complexity index is 655. The topological polar surface area (TPSA) is 65.3 Å². The first-order valence-corrected chi connectivity index (χ1v) is 6.11. The molecule has 106 valence electrons. The fourth-order valence-corrected chi connectivity index (χ4v) is 2.13. The Morgan fingerprint density at radius 2 is 2.10 bits per heavy atom. The quantitative estimate of drug-likeness (QED) is 0.630. The summed E-state index contributed by atoms with van der Waals surface area (Å²) in [6, 6.07) is 3.90. The van der Waals surface area contributed by atoms with Gasteiger partial charge in [-0.1, -0.05) is 11.3 Å². The van der Waals surface area contributed by atoms with Crippen molar-refractivity contribution >= 4 is 17.0 Å². The highest BCUT2D eigenvalue weighted by Gasteiger charge is 2.34. The molecule has 0 aliphatic rings. The van der Waals surface area contributed by atoms with Crippen LogP contribution in [0, 0.1) is 17.0 Å². The van der Waals surface area contributed by atoms with Crippen LogP contribution in [0.1, 0.15) is 11.3 Å². The lowest BCUT2D eigenvalue weighted by atomic mass is 10.2. The van der Waals surface area contributed by atoms with E-state index >= 15 is 0 Å². The molecule has 5 nitrogen and oxygen atoms in total. The maximum Gasteiger partial charge on any atom is 0.434 e. The van der Waals surface area contributed by atoms with Crippen molar-refractivity contribution in [3.8, 4) is 10.9 Å². The maximum atomic E-state index is 12.4. The monoisotopic (exact) mass is 304 g/mol. The molecule has 0 fully saturated rings. The highest BCUT2D eigenvalue weighted by atomic mass is 32.1. The Hall–Kier alpha value is -2.16. The second kappa shape index (κ2) is 5.08. The lowest BCUT2D eigenvalue weighted by Gasteiger charge is -2.03. The molecule has 20 heavy (non-hydrogen) atoms. The summed E-state index contributed by atoms with van der Waals surface area (Å²) in [6.45, 7) is 1.51. The Labute approximate surface area is 114 Å². The van der Waals surface area contributed by atoms with Crippen LogP contribution in [0.25, 0.3) is 0 Å². The first kappa shape index (κ1) is 14.3. The van der Waals surface area contributed by atoms with E-state index in [2.05, 4.69) is 4.98 Å². The molecule has 0 atom stereocenters. The fourth-order valence-electron chi connectivity index (χ4n) is 1.43. The van der Waals surface area contributed by atoms with Gasteiger partial charge in [0.25, 0.3) is 10.9 Å². The molecule has 1 aromatic carbocycles. The molecule has 0 radical (unpaired) electrons. The van der Waals surface area contributed by atoms with E-state index < -0.39 is 16.8 Å². The van der Waals surface area contributed by atoms with Gasteiger partial charge in [-0.05, 0) is 19.1 Å². The van der Waals surface area contributed by atoms with E-state index in [9.17, 15) is 23.3 Å². The first-order valence-electron chi connectivity index (χ1n) is 5.23. The minimum absolute atomic E-state index is 0.0903. The summed E-state index contributed by atoms with van der Waals surface area (Å²) >= 11 is 0.700. The van der Waals surface area contributed by atoms with E-state index in [1.165, 1.54) is 25.1 Å². The number of hydrogen-bond acceptors (Lipinski definition) is 5. The van der Waals surface area contributed by atoms with E-state index in [-0.39, 0.29) is 16.6 Å². The average molecular weight is 304 g/mol. The zero-order valence-electron chi connectivity index (χ0n) is 9.97. The van der Waals surface area contributed by atoms with Crippen molar-refractivity contribution in [3.63, 3.8) is 0 Å². The number of rotatable bonds is 3. The Morgan fingerprint density at radius 3 is 2.60 bits per heavy atom. The fraction of sp³-hybridized carbons (Fsp3) is 0.182. The smallest absolute Gasteiger partial charge is 0.431 e. The van der Waals surface area contributed by atoms with Crippen molar-refractivity contribution in [2.75, 3.05) is 0 Å². The predicted octanol–water partition coefficient (Wildman–Crippen LogP) is 4.17. The molecule has 0 saturated heterocycles. The van der Waals surface area contributed by atoms with Crippen molar-refractivity contribution in [3.05, 3.63) is 45.0 Å². The van der Waals surface area contributed by atoms with Crippen LogP contribution >= 0.6 is 11.3 Å². The predicted molar refractivity (Wildman–Crippen MR) is 65.0 cm³/mol. The number of nitro groups is 1. The molecule has 0 saturated carbocycles. The second-order valence-electron chi connectivity index (χ2n) is 3.80. The molecule has 0 unspecified atom stereocenters. The first-order chi connectivity index (χ1) is 9.27. The van der Waals surface area contributed by atoms with Gasteiger partial charge in [-0.15, -0.1) is 0 Å². The van der Waals surface area contributed by atoms with Gasteiger partial charge in [0, 0.05) is 17.0 Å². The van der Waals surface area contributed by atoms with Crippen LogP contribution in [0.5, 0.6) is 10.9 Å². The Morgan fingerprint density at radius 1 is 1.40 bits per heavy atom. The van der Waals surface area contributed by atoms with Crippen LogP contribution in [0.4, 0.5) is 18.9 Å². The van der Waals surface area contributed by atoms with Crippen molar-refractivity contribution in [2.24, 2.45) is 0 Å². The third-order valence-corrected chi connectivity index (χ3v) is 3.06. The van der Waals surface area contributed by atoms with Gasteiger partial charge >= 0.3 is 6.18 Å². The lowest BCUT2D eigenvalue weighted by molar-refractivity contribution is -0.385. The van der Waals surface area contributed by atoms with Gasteiger partial charge in [-0.3, -0.25) is 10.1 Å². The summed E-state index contributed by atoms with van der Waals surface area (Å²) in [5.41, 5.74) is -0.774. The normalized spacial score (nSPS) is 11.4. The Kier molecular flexibility index (Phi) is 3.62. The summed E-state index contributed by atoms with van der Waals surface area (Å²) in [4.78, 5) is 13.4. The standard InChI is InChI=1S/C11H7F3N2O3S/c1-6-4-7(2-3-8(6)16(17)18)19-10-15-9(5-20-10)11(12,13)14/h2-5H,1H3. The molecule has 0 aliphatic heterocycles. The van der Waals surface area contributed by atoms with Gasteiger partial charge in [0.05, 0.1) is 4.92 Å². The van der Waals surface area contributed by atoms with Crippen molar-refractivity contribution in [1.29, 1.82) is 0 Å². The number of hydrogen-bond donors (Lipinski definition) is 0. The summed E-state index contributed by atoms with van der Waals surface area (Å²) in [5, 5.41) is 11.3. The van der Waals surface area contributed by atoms with E-state index in [4.69, 9.17) is 4.74 Å². The third-order valence-electron chi connectivity index (χ3n) is 2.34. The zero-order valence-corrected chi connectivity index (χ0v) is 10.8. The van der Waals surface area contributed by atoms with E-state index in [1.807, 2.05) is 0 Å². The molecular formula is C11H7F3N2O3S. The molecule has 0 bridgehead atoms. The molecule has 0 amide bonds. The SMILES string of the molecule is Cc1cc(Oc2nc(C(F)(F)F)cs2)ccc1[N+](=O)[O-]. The molecule has 1 aromatic heterocycles. The summed E-state index contributed by atoms with van der Waals surface area (Å²) < 4.78 is 42.2. The number of nitrogens with zero attached hydrogens (tertiary/aromatic N) is 2. The minimum atomic E-state index is -4.52. The number of halogens is 3. The van der Waals surface area contributed by atoms with Crippen molar-refractivity contribution in [2.45, 2.75) is 13.1 Å². The molecule has 0 N–H and O–H groups in total. The second-order valence-corrected chi connectivity index (χ2v) is 4.62. The molecule has 9 heteroatoms. The molecule has 2 aromatic rings. The molecular weight excluding hydrogens is 297 g/mol. The van der Waals surface area contributed by atoms with Crippen LogP contribution in [0.15, 0.2) is 23.6 Å². The zero-order chi connectivity index (χ0) is 14.9. The van der Waals surface area contributed by atoms with Crippen LogP contribution in [-0.2, 0) is 6.18 Å². The summed E-state index contributed by atoms with van der Waals surface area (Å²) in [6.07, 6.45) is -4.52. The number of aryl methyl sites for hydroxylation is 1. The number of nitro benzene ring substituents is 1. The molecule has 2 rings (SSSR count). The molecule has 1 heterocycles. The van der Waals surface area contributed by atoms with Crippen molar-refractivity contribution < 1.29 is 22.8 Å². The van der Waals surface area contributed by atoms with Crippen LogP contribution in [0.3, 0.4) is 0 Å². The average Bonchev–Trinajstić information content (AvgIpc) is 2.76. The number of aromatic nitrogens is 1. The van der Waals surface area contributed by atoms with Crippen LogP contribution in [-0.4, -0.2) is 9.91 Å². The van der Waals surface area contributed by atoms with Crippen LogP contribution < -0.4 is 4.74 Å². The number of ether oxygens (including phenoxy) is 1. The van der Waals surface area contributed by atoms with Gasteiger partial charge in [0.15, 0.2) is 5.69 Å². The van der Waals surface area contributed by atoms with Crippen LogP contribution in [0.2, 0.25) is 0 Å². The van der Waals surface area contributed by atoms with E-state index in [0.29, 0.717) is 16.9 Å². The minimum Gasteiger partial charge on any atom is -0.431 e. The van der Waals surface area contributed by atoms with Gasteiger partial charge in [0.1, 0.15) is 5.75 Å². The number of benzene rings is 1. The third kappa shape index (κ3) is 3.05. The lowest BCUT2D eigenvalue weighted by Crippen LogP contribution is -2.04. The maximum absolute atomic E-state index is 12.4. The molecule has 0 aliphatic carbocycles.